The van der Waals surface area contributed by atoms with Crippen molar-refractivity contribution in [1.29, 1.82) is 0 Å². The third-order valence-corrected chi connectivity index (χ3v) is 6.66. The normalized spacial score (nSPS) is 14.3. The van der Waals surface area contributed by atoms with E-state index in [9.17, 15) is 23.2 Å². The van der Waals surface area contributed by atoms with Crippen LogP contribution < -0.4 is 14.8 Å². The van der Waals surface area contributed by atoms with Crippen LogP contribution in [0.2, 0.25) is 0 Å². The second-order valence-electron chi connectivity index (χ2n) is 7.74. The summed E-state index contributed by atoms with van der Waals surface area (Å²) in [5.41, 5.74) is 1.11. The Morgan fingerprint density at radius 3 is 2.62 bits per heavy atom. The van der Waals surface area contributed by atoms with Gasteiger partial charge in [-0.1, -0.05) is 24.3 Å². The van der Waals surface area contributed by atoms with Crippen LogP contribution in [0, 0.1) is 11.6 Å². The first-order chi connectivity index (χ1) is 17.7. The number of methoxy groups -OCH3 is 1. The average molecular weight is 589 g/mol. The van der Waals surface area contributed by atoms with Crippen molar-refractivity contribution in [2.24, 2.45) is 0 Å². The number of carbonyl (C=O) groups excluding carboxylic acids is 3. The Labute approximate surface area is 223 Å². The first-order valence-electron chi connectivity index (χ1n) is 10.8. The molecule has 3 aromatic carbocycles. The van der Waals surface area contributed by atoms with Crippen molar-refractivity contribution in [2.45, 2.75) is 6.61 Å². The van der Waals surface area contributed by atoms with Crippen LogP contribution in [0.5, 0.6) is 11.5 Å². The molecule has 1 aliphatic heterocycles. The zero-order valence-electron chi connectivity index (χ0n) is 19.3. The second-order valence-corrected chi connectivity index (χ2v) is 9.59. The van der Waals surface area contributed by atoms with Gasteiger partial charge in [-0.05, 0) is 75.7 Å². The molecule has 0 saturated carbocycles. The maximum atomic E-state index is 13.9. The van der Waals surface area contributed by atoms with Crippen molar-refractivity contribution in [3.63, 3.8) is 0 Å². The number of rotatable bonds is 8. The van der Waals surface area contributed by atoms with Gasteiger partial charge >= 0.3 is 0 Å². The first-order valence-corrected chi connectivity index (χ1v) is 12.4. The predicted molar refractivity (Wildman–Crippen MR) is 139 cm³/mol. The topological polar surface area (TPSA) is 84.9 Å². The molecule has 0 atom stereocenters. The van der Waals surface area contributed by atoms with Gasteiger partial charge in [-0.3, -0.25) is 19.3 Å². The molecule has 1 aliphatic rings. The molecule has 0 aromatic heterocycles. The van der Waals surface area contributed by atoms with Gasteiger partial charge in [0.25, 0.3) is 11.1 Å². The van der Waals surface area contributed by atoms with Crippen LogP contribution in [0.3, 0.4) is 0 Å². The molecule has 0 bridgehead atoms. The number of nitrogens with zero attached hydrogens (tertiary/aromatic N) is 1. The number of benzene rings is 3. The number of anilines is 1. The van der Waals surface area contributed by atoms with Crippen molar-refractivity contribution < 1.29 is 32.6 Å². The standard InChI is InChI=1S/C26H19BrF2N2O5S/c1-35-21-10-15(9-19(27)24(21)36-14-16-5-2-3-8-20(16)29)11-22-25(33)31(26(34)37-22)13-23(32)30-18-7-4-6-17(28)12-18/h2-12H,13-14H2,1H3,(H,30,32)/b22-11+. The van der Waals surface area contributed by atoms with Gasteiger partial charge in [0, 0.05) is 11.3 Å². The zero-order valence-corrected chi connectivity index (χ0v) is 21.7. The number of thioether (sulfide) groups is 1. The fourth-order valence-corrected chi connectivity index (χ4v) is 4.84. The Balaban J connectivity index is 1.48. The van der Waals surface area contributed by atoms with E-state index in [0.717, 1.165) is 11.0 Å². The van der Waals surface area contributed by atoms with Crippen LogP contribution in [-0.4, -0.2) is 35.6 Å². The summed E-state index contributed by atoms with van der Waals surface area (Å²) < 4.78 is 38.9. The number of hydrogen-bond donors (Lipinski definition) is 1. The minimum Gasteiger partial charge on any atom is -0.493 e. The number of hydrogen-bond acceptors (Lipinski definition) is 6. The van der Waals surface area contributed by atoms with Gasteiger partial charge in [-0.25, -0.2) is 8.78 Å². The molecule has 4 rings (SSSR count). The highest BCUT2D eigenvalue weighted by molar-refractivity contribution is 9.10. The third-order valence-electron chi connectivity index (χ3n) is 5.16. The molecule has 190 valence electrons. The molecule has 1 N–H and O–H groups in total. The minimum atomic E-state index is -0.644. The fourth-order valence-electron chi connectivity index (χ4n) is 3.43. The van der Waals surface area contributed by atoms with Crippen molar-refractivity contribution in [3.05, 3.63) is 92.8 Å². The van der Waals surface area contributed by atoms with Gasteiger partial charge in [-0.2, -0.15) is 0 Å². The van der Waals surface area contributed by atoms with Gasteiger partial charge in [0.05, 0.1) is 16.5 Å². The van der Waals surface area contributed by atoms with Gasteiger partial charge in [0.2, 0.25) is 5.91 Å². The highest BCUT2D eigenvalue weighted by Gasteiger charge is 2.36. The summed E-state index contributed by atoms with van der Waals surface area (Å²) in [5, 5.41) is 1.85. The van der Waals surface area contributed by atoms with E-state index >= 15 is 0 Å². The van der Waals surface area contributed by atoms with Gasteiger partial charge in [0.15, 0.2) is 11.5 Å². The lowest BCUT2D eigenvalue weighted by molar-refractivity contribution is -0.127. The predicted octanol–water partition coefficient (Wildman–Crippen LogP) is 5.99. The van der Waals surface area contributed by atoms with Crippen molar-refractivity contribution in [1.82, 2.24) is 4.90 Å². The van der Waals surface area contributed by atoms with E-state index in [2.05, 4.69) is 21.2 Å². The van der Waals surface area contributed by atoms with E-state index in [-0.39, 0.29) is 17.2 Å². The van der Waals surface area contributed by atoms with Crippen molar-refractivity contribution >= 4 is 56.5 Å². The largest absolute Gasteiger partial charge is 0.493 e. The molecule has 3 amide bonds. The molecule has 0 spiro atoms. The molecule has 37 heavy (non-hydrogen) atoms. The molecular weight excluding hydrogens is 570 g/mol. The van der Waals surface area contributed by atoms with E-state index in [4.69, 9.17) is 9.47 Å². The summed E-state index contributed by atoms with van der Waals surface area (Å²) in [6.07, 6.45) is 1.49. The number of carbonyl (C=O) groups is 3. The van der Waals surface area contributed by atoms with E-state index in [1.807, 2.05) is 0 Å². The summed E-state index contributed by atoms with van der Waals surface area (Å²) >= 11 is 4.10. The van der Waals surface area contributed by atoms with Gasteiger partial charge < -0.3 is 14.8 Å². The first kappa shape index (κ1) is 26.4. The summed E-state index contributed by atoms with van der Waals surface area (Å²) in [7, 11) is 1.44. The van der Waals surface area contributed by atoms with E-state index in [1.165, 1.54) is 37.5 Å². The van der Waals surface area contributed by atoms with E-state index < -0.39 is 35.2 Å². The fraction of sp³-hybridized carbons (Fsp3) is 0.115. The lowest BCUT2D eigenvalue weighted by atomic mass is 10.1. The second kappa shape index (κ2) is 11.6. The number of halogens is 3. The molecule has 3 aromatic rings. The SMILES string of the molecule is COc1cc(/C=C2/SC(=O)N(CC(=O)Nc3cccc(F)c3)C2=O)cc(Br)c1OCc1ccccc1F. The summed E-state index contributed by atoms with van der Waals surface area (Å²) in [6.45, 7) is -0.550. The number of imide groups is 1. The van der Waals surface area contributed by atoms with Crippen molar-refractivity contribution in [3.8, 4) is 11.5 Å². The summed E-state index contributed by atoms with van der Waals surface area (Å²) in [6, 6.07) is 14.8. The maximum absolute atomic E-state index is 13.9. The summed E-state index contributed by atoms with van der Waals surface area (Å²) in [5.74, 6) is -1.54. The van der Waals surface area contributed by atoms with E-state index in [1.54, 1.807) is 30.3 Å². The zero-order chi connectivity index (χ0) is 26.5. The highest BCUT2D eigenvalue weighted by Crippen LogP contribution is 2.39. The van der Waals surface area contributed by atoms with Crippen LogP contribution >= 0.6 is 27.7 Å². The third kappa shape index (κ3) is 6.36. The Hall–Kier alpha value is -3.70. The van der Waals surface area contributed by atoms with Crippen LogP contribution in [0.4, 0.5) is 19.3 Å². The smallest absolute Gasteiger partial charge is 0.294 e. The molecule has 1 fully saturated rings. The average Bonchev–Trinajstić information content (AvgIpc) is 3.11. The molecule has 1 saturated heterocycles. The molecule has 11 heteroatoms. The monoisotopic (exact) mass is 588 g/mol. The van der Waals surface area contributed by atoms with Crippen LogP contribution in [0.25, 0.3) is 6.08 Å². The number of amides is 3. The molecular formula is C26H19BrF2N2O5S. The van der Waals surface area contributed by atoms with Crippen LogP contribution in [0.15, 0.2) is 70.0 Å². The Bertz CT molecular complexity index is 1420. The van der Waals surface area contributed by atoms with Crippen molar-refractivity contribution in [2.75, 3.05) is 19.0 Å². The van der Waals surface area contributed by atoms with Gasteiger partial charge in [0.1, 0.15) is 24.8 Å². The highest BCUT2D eigenvalue weighted by atomic mass is 79.9. The number of ether oxygens (including phenoxy) is 2. The lowest BCUT2D eigenvalue weighted by Crippen LogP contribution is -2.36. The van der Waals surface area contributed by atoms with Crippen LogP contribution in [-0.2, 0) is 16.2 Å². The summed E-state index contributed by atoms with van der Waals surface area (Å²) in [4.78, 5) is 38.5. The van der Waals surface area contributed by atoms with E-state index in [0.29, 0.717) is 38.9 Å². The quantitative estimate of drug-likeness (QED) is 0.325. The maximum Gasteiger partial charge on any atom is 0.294 e. The molecule has 7 nitrogen and oxygen atoms in total. The molecule has 1 heterocycles. The van der Waals surface area contributed by atoms with Gasteiger partial charge in [-0.15, -0.1) is 0 Å². The minimum absolute atomic E-state index is 0.0302. The Morgan fingerprint density at radius 1 is 1.11 bits per heavy atom. The Kier molecular flexibility index (Phi) is 8.24. The molecule has 0 unspecified atom stereocenters. The molecule has 0 radical (unpaired) electrons. The lowest BCUT2D eigenvalue weighted by Gasteiger charge is -2.14. The van der Waals surface area contributed by atoms with Crippen LogP contribution in [0.1, 0.15) is 11.1 Å². The molecule has 0 aliphatic carbocycles. The Morgan fingerprint density at radius 2 is 1.89 bits per heavy atom. The number of nitrogens with one attached hydrogen (secondary N) is 1.